The Morgan fingerprint density at radius 3 is 2.43 bits per heavy atom. The number of rotatable bonds is 4. The topological polar surface area (TPSA) is 55.1 Å². The lowest BCUT2D eigenvalue weighted by Crippen LogP contribution is -2.30. The van der Waals surface area contributed by atoms with Crippen LogP contribution in [0.3, 0.4) is 0 Å². The predicted octanol–water partition coefficient (Wildman–Crippen LogP) is 1.89. The Kier molecular flexibility index (Phi) is 5.45. The van der Waals surface area contributed by atoms with Crippen molar-refractivity contribution in [2.75, 3.05) is 13.6 Å². The lowest BCUT2D eigenvalue weighted by Gasteiger charge is -2.19. The fourth-order valence-electron chi connectivity index (χ4n) is 1.71. The molecule has 114 valence electrons. The lowest BCUT2D eigenvalue weighted by atomic mass is 10.1. The average molecular weight is 288 g/mol. The maximum atomic E-state index is 12.0. The van der Waals surface area contributed by atoms with Crippen molar-refractivity contribution < 1.29 is 4.74 Å². The van der Waals surface area contributed by atoms with Gasteiger partial charge in [-0.05, 0) is 20.9 Å². The third-order valence-electron chi connectivity index (χ3n) is 3.06. The maximum absolute atomic E-state index is 12.0. The first-order valence-corrected chi connectivity index (χ1v) is 6.92. The summed E-state index contributed by atoms with van der Waals surface area (Å²) in [5.41, 5.74) is 2.57. The fourth-order valence-corrected chi connectivity index (χ4v) is 1.71. The molecule has 0 saturated carbocycles. The van der Waals surface area contributed by atoms with Crippen molar-refractivity contribution >= 4 is 6.21 Å². The Bertz CT molecular complexity index is 579. The second-order valence-electron chi connectivity index (χ2n) is 6.23. The van der Waals surface area contributed by atoms with Crippen molar-refractivity contribution in [2.24, 2.45) is 0 Å². The molecule has 1 aromatic heterocycles. The van der Waals surface area contributed by atoms with Gasteiger partial charge in [0.1, 0.15) is 5.69 Å². The van der Waals surface area contributed by atoms with Crippen LogP contribution >= 0.6 is 0 Å². The van der Waals surface area contributed by atoms with Gasteiger partial charge in [-0.25, -0.2) is 9.72 Å². The van der Waals surface area contributed by atoms with Gasteiger partial charge < -0.3 is 5.21 Å². The molecule has 0 N–H and O–H groups in total. The molecule has 0 bridgehead atoms. The number of hydroxylamine groups is 1. The second-order valence-corrected chi connectivity index (χ2v) is 6.23. The average Bonchev–Trinajstić information content (AvgIpc) is 2.34. The summed E-state index contributed by atoms with van der Waals surface area (Å²) in [6.45, 7) is 10.5. The fraction of sp³-hybridized carbons (Fsp3) is 0.562. The molecule has 0 amide bonds. The molecule has 0 aliphatic heterocycles. The summed E-state index contributed by atoms with van der Waals surface area (Å²) in [7, 11) is 1.94. The summed E-state index contributed by atoms with van der Waals surface area (Å²) >= 11 is 0. The SMILES string of the molecule is C#CCN(C)Cc1nc(C)c(/C=[N+](\[O-])C(C)(C)C)nc1C. The minimum Gasteiger partial charge on any atom is -0.623 e. The van der Waals surface area contributed by atoms with Gasteiger partial charge in [0, 0.05) is 27.3 Å². The molecular weight excluding hydrogens is 264 g/mol. The van der Waals surface area contributed by atoms with E-state index in [2.05, 4.69) is 15.9 Å². The summed E-state index contributed by atoms with van der Waals surface area (Å²) < 4.78 is 0.910. The monoisotopic (exact) mass is 288 g/mol. The third kappa shape index (κ3) is 4.83. The minimum absolute atomic E-state index is 0.492. The highest BCUT2D eigenvalue weighted by atomic mass is 16.5. The van der Waals surface area contributed by atoms with Crippen LogP contribution in [0.1, 0.15) is 43.5 Å². The van der Waals surface area contributed by atoms with Crippen LogP contribution in [0.15, 0.2) is 0 Å². The first kappa shape index (κ1) is 17.1. The molecule has 5 nitrogen and oxygen atoms in total. The summed E-state index contributed by atoms with van der Waals surface area (Å²) in [5.74, 6) is 2.60. The van der Waals surface area contributed by atoms with Crippen LogP contribution in [0.4, 0.5) is 0 Å². The molecule has 5 heteroatoms. The van der Waals surface area contributed by atoms with Gasteiger partial charge in [0.05, 0.1) is 23.6 Å². The van der Waals surface area contributed by atoms with E-state index in [-0.39, 0.29) is 0 Å². The van der Waals surface area contributed by atoms with Crippen LogP contribution in [-0.4, -0.2) is 45.0 Å². The van der Waals surface area contributed by atoms with Crippen LogP contribution in [0.5, 0.6) is 0 Å². The standard InChI is InChI=1S/C16H24N4O/c1-8-9-19(7)10-14-12(2)18-15(13(3)17-14)11-20(21)16(4,5)6/h1,11H,9-10H2,2-7H3/b20-11-. The van der Waals surface area contributed by atoms with Crippen molar-refractivity contribution in [1.29, 1.82) is 0 Å². The number of hydrogen-bond acceptors (Lipinski definition) is 4. The lowest BCUT2D eigenvalue weighted by molar-refractivity contribution is -0.530. The Labute approximate surface area is 127 Å². The van der Waals surface area contributed by atoms with E-state index >= 15 is 0 Å². The highest BCUT2D eigenvalue weighted by Gasteiger charge is 2.19. The van der Waals surface area contributed by atoms with E-state index < -0.39 is 5.54 Å². The molecule has 1 heterocycles. The van der Waals surface area contributed by atoms with E-state index in [1.165, 1.54) is 6.21 Å². The van der Waals surface area contributed by atoms with E-state index in [0.29, 0.717) is 18.8 Å². The highest BCUT2D eigenvalue weighted by Crippen LogP contribution is 2.11. The number of terminal acetylenes is 1. The van der Waals surface area contributed by atoms with E-state index in [0.717, 1.165) is 21.8 Å². The van der Waals surface area contributed by atoms with Gasteiger partial charge in [-0.3, -0.25) is 9.88 Å². The Balaban J connectivity index is 3.09. The number of hydrogen-bond donors (Lipinski definition) is 0. The first-order chi connectivity index (χ1) is 9.65. The molecule has 0 radical (unpaired) electrons. The Morgan fingerprint density at radius 1 is 1.29 bits per heavy atom. The Hall–Kier alpha value is -1.93. The molecule has 0 fully saturated rings. The Morgan fingerprint density at radius 2 is 1.90 bits per heavy atom. The van der Waals surface area contributed by atoms with Crippen LogP contribution in [0, 0.1) is 31.4 Å². The van der Waals surface area contributed by atoms with Crippen LogP contribution < -0.4 is 0 Å². The predicted molar refractivity (Wildman–Crippen MR) is 85.2 cm³/mol. The molecular formula is C16H24N4O. The quantitative estimate of drug-likeness (QED) is 0.279. The van der Waals surface area contributed by atoms with Crippen molar-refractivity contribution in [3.63, 3.8) is 0 Å². The molecule has 0 saturated heterocycles. The van der Waals surface area contributed by atoms with E-state index in [1.54, 1.807) is 0 Å². The van der Waals surface area contributed by atoms with Gasteiger partial charge in [-0.15, -0.1) is 6.42 Å². The zero-order chi connectivity index (χ0) is 16.2. The molecule has 0 aromatic carbocycles. The molecule has 0 aliphatic carbocycles. The van der Waals surface area contributed by atoms with Crippen LogP contribution in [0.2, 0.25) is 0 Å². The minimum atomic E-state index is -0.492. The van der Waals surface area contributed by atoms with Crippen LogP contribution in [-0.2, 0) is 6.54 Å². The smallest absolute Gasteiger partial charge is 0.202 e. The van der Waals surface area contributed by atoms with Gasteiger partial charge in [-0.1, -0.05) is 5.92 Å². The van der Waals surface area contributed by atoms with Crippen LogP contribution in [0.25, 0.3) is 0 Å². The van der Waals surface area contributed by atoms with E-state index in [4.69, 9.17) is 6.42 Å². The van der Waals surface area contributed by atoms with Crippen molar-refractivity contribution in [3.8, 4) is 12.3 Å². The van der Waals surface area contributed by atoms with E-state index in [1.807, 2.05) is 46.6 Å². The zero-order valence-electron chi connectivity index (χ0n) is 13.8. The molecule has 1 rings (SSSR count). The largest absolute Gasteiger partial charge is 0.623 e. The molecule has 0 spiro atoms. The normalized spacial score (nSPS) is 12.6. The van der Waals surface area contributed by atoms with Gasteiger partial charge in [0.15, 0.2) is 5.54 Å². The molecule has 0 unspecified atom stereocenters. The van der Waals surface area contributed by atoms with Gasteiger partial charge in [0.2, 0.25) is 6.21 Å². The van der Waals surface area contributed by atoms with Crippen molar-refractivity contribution in [3.05, 3.63) is 28.0 Å². The summed E-state index contributed by atoms with van der Waals surface area (Å²) in [5, 5.41) is 12.0. The van der Waals surface area contributed by atoms with Crippen molar-refractivity contribution in [1.82, 2.24) is 14.9 Å². The van der Waals surface area contributed by atoms with Crippen molar-refractivity contribution in [2.45, 2.75) is 46.7 Å². The summed E-state index contributed by atoms with van der Waals surface area (Å²) in [6, 6.07) is 0. The third-order valence-corrected chi connectivity index (χ3v) is 3.06. The maximum Gasteiger partial charge on any atom is 0.202 e. The molecule has 0 aliphatic rings. The second kappa shape index (κ2) is 6.68. The zero-order valence-corrected chi connectivity index (χ0v) is 13.8. The van der Waals surface area contributed by atoms with Gasteiger partial charge in [-0.2, -0.15) is 0 Å². The summed E-state index contributed by atoms with van der Waals surface area (Å²) in [4.78, 5) is 11.1. The number of aryl methyl sites for hydroxylation is 2. The first-order valence-electron chi connectivity index (χ1n) is 6.92. The van der Waals surface area contributed by atoms with Gasteiger partial charge >= 0.3 is 0 Å². The molecule has 0 atom stereocenters. The van der Waals surface area contributed by atoms with Gasteiger partial charge in [0.25, 0.3) is 0 Å². The molecule has 1 aromatic rings. The number of nitrogens with zero attached hydrogens (tertiary/aromatic N) is 4. The summed E-state index contributed by atoms with van der Waals surface area (Å²) in [6.07, 6.45) is 6.80. The number of aromatic nitrogens is 2. The highest BCUT2D eigenvalue weighted by molar-refractivity contribution is 5.74. The molecule has 21 heavy (non-hydrogen) atoms. The van der Waals surface area contributed by atoms with E-state index in [9.17, 15) is 5.21 Å².